The summed E-state index contributed by atoms with van der Waals surface area (Å²) in [6, 6.07) is 5.36. The molecule has 0 aliphatic carbocycles. The summed E-state index contributed by atoms with van der Waals surface area (Å²) in [5.74, 6) is 0.271. The van der Waals surface area contributed by atoms with Gasteiger partial charge in [-0.2, -0.15) is 0 Å². The van der Waals surface area contributed by atoms with Crippen molar-refractivity contribution in [3.63, 3.8) is 0 Å². The number of nitrogens with zero attached hydrogens (tertiary/aromatic N) is 3. The highest BCUT2D eigenvalue weighted by atomic mass is 16.1. The largest absolute Gasteiger partial charge is 0.354 e. The maximum absolute atomic E-state index is 12.1. The molecule has 0 bridgehead atoms. The van der Waals surface area contributed by atoms with E-state index in [9.17, 15) is 4.79 Å². The Morgan fingerprint density at radius 2 is 2.14 bits per heavy atom. The van der Waals surface area contributed by atoms with Crippen molar-refractivity contribution in [2.24, 2.45) is 0 Å². The fraction of sp³-hybridized carbons (Fsp3) is 0.375. The maximum atomic E-state index is 12.1. The van der Waals surface area contributed by atoms with Gasteiger partial charge in [0.1, 0.15) is 5.69 Å². The van der Waals surface area contributed by atoms with Crippen LogP contribution in [0.4, 0.5) is 5.95 Å². The molecule has 6 nitrogen and oxygen atoms in total. The minimum atomic E-state index is -0.220. The standard InChI is InChI=1S/C16H21N5O/c1-2-3-4-9-18-16-19-10-7-14(21-16)15(22)20-12-13-6-5-8-17-11-13/h5-8,10-11H,2-4,9,12H2,1H3,(H,20,22)(H,18,19,21). The van der Waals surface area contributed by atoms with E-state index in [1.807, 2.05) is 12.1 Å². The number of aromatic nitrogens is 3. The van der Waals surface area contributed by atoms with E-state index in [1.165, 1.54) is 6.42 Å². The van der Waals surface area contributed by atoms with E-state index in [0.717, 1.165) is 24.9 Å². The first-order valence-electron chi connectivity index (χ1n) is 7.53. The molecule has 0 saturated carbocycles. The van der Waals surface area contributed by atoms with E-state index >= 15 is 0 Å². The topological polar surface area (TPSA) is 79.8 Å². The van der Waals surface area contributed by atoms with E-state index < -0.39 is 0 Å². The summed E-state index contributed by atoms with van der Waals surface area (Å²) in [5.41, 5.74) is 1.31. The zero-order valence-corrected chi connectivity index (χ0v) is 12.7. The zero-order valence-electron chi connectivity index (χ0n) is 12.7. The van der Waals surface area contributed by atoms with Crippen LogP contribution < -0.4 is 10.6 Å². The molecule has 2 aromatic rings. The van der Waals surface area contributed by atoms with Gasteiger partial charge in [-0.1, -0.05) is 25.8 Å². The minimum absolute atomic E-state index is 0.220. The van der Waals surface area contributed by atoms with Crippen LogP contribution in [0.3, 0.4) is 0 Å². The van der Waals surface area contributed by atoms with Gasteiger partial charge in [-0.3, -0.25) is 9.78 Å². The van der Waals surface area contributed by atoms with Crippen molar-refractivity contribution in [2.75, 3.05) is 11.9 Å². The Hall–Kier alpha value is -2.50. The van der Waals surface area contributed by atoms with Crippen LogP contribution >= 0.6 is 0 Å². The highest BCUT2D eigenvalue weighted by Crippen LogP contribution is 2.03. The zero-order chi connectivity index (χ0) is 15.6. The number of carbonyl (C=O) groups is 1. The van der Waals surface area contributed by atoms with Crippen molar-refractivity contribution in [2.45, 2.75) is 32.7 Å². The van der Waals surface area contributed by atoms with Crippen LogP contribution in [-0.4, -0.2) is 27.4 Å². The molecule has 22 heavy (non-hydrogen) atoms. The molecule has 2 rings (SSSR count). The average Bonchev–Trinajstić information content (AvgIpc) is 2.58. The lowest BCUT2D eigenvalue weighted by Crippen LogP contribution is -2.24. The molecule has 0 unspecified atom stereocenters. The van der Waals surface area contributed by atoms with Crippen molar-refractivity contribution < 1.29 is 4.79 Å². The van der Waals surface area contributed by atoms with Crippen LogP contribution in [0.25, 0.3) is 0 Å². The van der Waals surface area contributed by atoms with Crippen LogP contribution in [-0.2, 0) is 6.54 Å². The number of hydrogen-bond acceptors (Lipinski definition) is 5. The fourth-order valence-electron chi connectivity index (χ4n) is 1.92. The number of nitrogens with one attached hydrogen (secondary N) is 2. The summed E-state index contributed by atoms with van der Waals surface area (Å²) in [6.45, 7) is 3.40. The van der Waals surface area contributed by atoms with E-state index in [2.05, 4.69) is 32.5 Å². The van der Waals surface area contributed by atoms with Crippen molar-refractivity contribution in [3.8, 4) is 0 Å². The molecule has 2 heterocycles. The normalized spacial score (nSPS) is 10.2. The Kier molecular flexibility index (Phi) is 6.29. The summed E-state index contributed by atoms with van der Waals surface area (Å²) in [6.07, 6.45) is 8.41. The van der Waals surface area contributed by atoms with E-state index in [4.69, 9.17) is 0 Å². The van der Waals surface area contributed by atoms with E-state index in [0.29, 0.717) is 18.2 Å². The molecule has 0 spiro atoms. The number of pyridine rings is 1. The first-order chi connectivity index (χ1) is 10.8. The van der Waals surface area contributed by atoms with Crippen LogP contribution in [0.2, 0.25) is 0 Å². The quantitative estimate of drug-likeness (QED) is 0.732. The molecule has 0 fully saturated rings. The van der Waals surface area contributed by atoms with Gasteiger partial charge in [0.05, 0.1) is 0 Å². The predicted octanol–water partition coefficient (Wildman–Crippen LogP) is 2.40. The molecular formula is C16H21N5O. The molecule has 0 aromatic carbocycles. The van der Waals surface area contributed by atoms with Crippen LogP contribution in [0, 0.1) is 0 Å². The molecule has 0 saturated heterocycles. The van der Waals surface area contributed by atoms with Gasteiger partial charge in [-0.25, -0.2) is 9.97 Å². The molecule has 2 aromatic heterocycles. The third-order valence-electron chi connectivity index (χ3n) is 3.13. The summed E-state index contributed by atoms with van der Waals surface area (Å²) in [7, 11) is 0. The summed E-state index contributed by atoms with van der Waals surface area (Å²) < 4.78 is 0. The van der Waals surface area contributed by atoms with Crippen LogP contribution in [0.5, 0.6) is 0 Å². The highest BCUT2D eigenvalue weighted by molar-refractivity contribution is 5.92. The lowest BCUT2D eigenvalue weighted by molar-refractivity contribution is 0.0946. The second-order valence-electron chi connectivity index (χ2n) is 4.94. The van der Waals surface area contributed by atoms with Gasteiger partial charge in [0.15, 0.2) is 0 Å². The van der Waals surface area contributed by atoms with Gasteiger partial charge in [0.25, 0.3) is 5.91 Å². The lowest BCUT2D eigenvalue weighted by atomic mass is 10.2. The number of amides is 1. The third-order valence-corrected chi connectivity index (χ3v) is 3.13. The Labute approximate surface area is 130 Å². The molecule has 0 aliphatic heterocycles. The van der Waals surface area contributed by atoms with Gasteiger partial charge >= 0.3 is 0 Å². The van der Waals surface area contributed by atoms with Gasteiger partial charge in [0, 0.05) is 31.7 Å². The van der Waals surface area contributed by atoms with Gasteiger partial charge in [0.2, 0.25) is 5.95 Å². The molecule has 0 radical (unpaired) electrons. The predicted molar refractivity (Wildman–Crippen MR) is 85.5 cm³/mol. The molecular weight excluding hydrogens is 278 g/mol. The molecule has 6 heteroatoms. The van der Waals surface area contributed by atoms with Gasteiger partial charge < -0.3 is 10.6 Å². The first-order valence-corrected chi connectivity index (χ1v) is 7.53. The van der Waals surface area contributed by atoms with Crippen molar-refractivity contribution >= 4 is 11.9 Å². The number of rotatable bonds is 8. The average molecular weight is 299 g/mol. The second-order valence-corrected chi connectivity index (χ2v) is 4.94. The number of hydrogen-bond donors (Lipinski definition) is 2. The van der Waals surface area contributed by atoms with Crippen LogP contribution in [0.1, 0.15) is 42.2 Å². The maximum Gasteiger partial charge on any atom is 0.270 e. The third kappa shape index (κ3) is 5.12. The lowest BCUT2D eigenvalue weighted by Gasteiger charge is -2.07. The minimum Gasteiger partial charge on any atom is -0.354 e. The molecule has 1 amide bonds. The first kappa shape index (κ1) is 15.9. The molecule has 0 atom stereocenters. The van der Waals surface area contributed by atoms with Gasteiger partial charge in [-0.05, 0) is 24.1 Å². The number of unbranched alkanes of at least 4 members (excludes halogenated alkanes) is 2. The number of carbonyl (C=O) groups excluding carboxylic acids is 1. The summed E-state index contributed by atoms with van der Waals surface area (Å²) >= 11 is 0. The molecule has 2 N–H and O–H groups in total. The SMILES string of the molecule is CCCCCNc1nccc(C(=O)NCc2cccnc2)n1. The Bertz CT molecular complexity index is 588. The molecule has 0 aliphatic rings. The summed E-state index contributed by atoms with van der Waals surface area (Å²) in [5, 5.41) is 5.96. The van der Waals surface area contributed by atoms with Crippen molar-refractivity contribution in [1.82, 2.24) is 20.3 Å². The molecule has 116 valence electrons. The highest BCUT2D eigenvalue weighted by Gasteiger charge is 2.08. The van der Waals surface area contributed by atoms with E-state index in [-0.39, 0.29) is 5.91 Å². The smallest absolute Gasteiger partial charge is 0.270 e. The van der Waals surface area contributed by atoms with Gasteiger partial charge in [-0.15, -0.1) is 0 Å². The van der Waals surface area contributed by atoms with Crippen molar-refractivity contribution in [3.05, 3.63) is 48.0 Å². The Morgan fingerprint density at radius 1 is 1.23 bits per heavy atom. The summed E-state index contributed by atoms with van der Waals surface area (Å²) in [4.78, 5) is 24.5. The van der Waals surface area contributed by atoms with Crippen LogP contribution in [0.15, 0.2) is 36.8 Å². The van der Waals surface area contributed by atoms with Crippen molar-refractivity contribution in [1.29, 1.82) is 0 Å². The Morgan fingerprint density at radius 3 is 2.91 bits per heavy atom. The second kappa shape index (κ2) is 8.71. The number of anilines is 1. The fourth-order valence-corrected chi connectivity index (χ4v) is 1.92. The van der Waals surface area contributed by atoms with E-state index in [1.54, 1.807) is 24.7 Å². The Balaban J connectivity index is 1.86. The monoisotopic (exact) mass is 299 g/mol.